The molecule has 1 aliphatic carbocycles. The highest BCUT2D eigenvalue weighted by molar-refractivity contribution is 14.0. The van der Waals surface area contributed by atoms with Crippen molar-refractivity contribution in [3.05, 3.63) is 11.9 Å². The third kappa shape index (κ3) is 4.03. The average molecular weight is 407 g/mol. The lowest BCUT2D eigenvalue weighted by Gasteiger charge is -2.11. The van der Waals surface area contributed by atoms with E-state index in [2.05, 4.69) is 26.1 Å². The summed E-state index contributed by atoms with van der Waals surface area (Å²) in [6, 6.07) is 0.538. The normalized spacial score (nSPS) is 18.9. The van der Waals surface area contributed by atoms with E-state index in [9.17, 15) is 0 Å². The van der Waals surface area contributed by atoms with Crippen LogP contribution in [0.2, 0.25) is 0 Å². The Bertz CT molecular complexity index is 446. The van der Waals surface area contributed by atoms with Crippen molar-refractivity contribution in [3.8, 4) is 0 Å². The molecule has 1 aliphatic heterocycles. The zero-order valence-corrected chi connectivity index (χ0v) is 14.7. The fourth-order valence-corrected chi connectivity index (χ4v) is 3.66. The van der Waals surface area contributed by atoms with E-state index in [1.165, 1.54) is 25.7 Å². The molecule has 20 heavy (non-hydrogen) atoms. The second kappa shape index (κ2) is 7.53. The maximum absolute atomic E-state index is 5.90. The predicted molar refractivity (Wildman–Crippen MR) is 94.0 cm³/mol. The third-order valence-electron chi connectivity index (χ3n) is 3.71. The Morgan fingerprint density at radius 1 is 1.50 bits per heavy atom. The summed E-state index contributed by atoms with van der Waals surface area (Å²) in [5, 5.41) is 4.45. The van der Waals surface area contributed by atoms with Gasteiger partial charge in [-0.15, -0.1) is 24.0 Å². The first-order chi connectivity index (χ1) is 9.31. The van der Waals surface area contributed by atoms with E-state index in [1.54, 1.807) is 0 Å². The van der Waals surface area contributed by atoms with Crippen molar-refractivity contribution in [3.63, 3.8) is 0 Å². The SMILES string of the molecule is I.NC(=NCCc1cn2c(n1)SCC2)NC1CCCC1. The number of aryl methyl sites for hydroxylation is 1. The molecule has 2 heterocycles. The number of thioether (sulfide) groups is 1. The molecule has 1 saturated carbocycles. The summed E-state index contributed by atoms with van der Waals surface area (Å²) in [5.41, 5.74) is 7.02. The summed E-state index contributed by atoms with van der Waals surface area (Å²) in [5.74, 6) is 1.74. The van der Waals surface area contributed by atoms with Gasteiger partial charge in [0, 0.05) is 37.5 Å². The number of hydrogen-bond acceptors (Lipinski definition) is 3. The number of guanidine groups is 1. The lowest BCUT2D eigenvalue weighted by atomic mass is 10.2. The van der Waals surface area contributed by atoms with Gasteiger partial charge in [0.05, 0.1) is 5.69 Å². The largest absolute Gasteiger partial charge is 0.370 e. The molecular weight excluding hydrogens is 385 g/mol. The average Bonchev–Trinajstić information content (AvgIpc) is 3.04. The molecular formula is C13H22IN5S. The minimum atomic E-state index is 0. The highest BCUT2D eigenvalue weighted by atomic mass is 127. The van der Waals surface area contributed by atoms with Crippen LogP contribution in [0.25, 0.3) is 0 Å². The monoisotopic (exact) mass is 407 g/mol. The number of nitrogens with two attached hydrogens (primary N) is 1. The third-order valence-corrected chi connectivity index (χ3v) is 4.68. The Labute approximate surface area is 141 Å². The molecule has 0 atom stereocenters. The molecule has 0 unspecified atom stereocenters. The maximum atomic E-state index is 5.90. The minimum Gasteiger partial charge on any atom is -0.370 e. The number of hydrogen-bond donors (Lipinski definition) is 2. The van der Waals surface area contributed by atoms with Crippen molar-refractivity contribution < 1.29 is 0 Å². The molecule has 0 saturated heterocycles. The number of aromatic nitrogens is 2. The van der Waals surface area contributed by atoms with Gasteiger partial charge in [0.15, 0.2) is 11.1 Å². The molecule has 0 spiro atoms. The summed E-state index contributed by atoms with van der Waals surface area (Å²) < 4.78 is 2.23. The molecule has 7 heteroatoms. The maximum Gasteiger partial charge on any atom is 0.188 e. The molecule has 0 aromatic carbocycles. The molecule has 5 nitrogen and oxygen atoms in total. The molecule has 0 amide bonds. The van der Waals surface area contributed by atoms with Crippen LogP contribution in [0.15, 0.2) is 16.3 Å². The summed E-state index contributed by atoms with van der Waals surface area (Å²) in [6.07, 6.45) is 8.08. The fourth-order valence-electron chi connectivity index (χ4n) is 2.70. The molecule has 1 fully saturated rings. The van der Waals surface area contributed by atoms with E-state index in [0.717, 1.165) is 29.6 Å². The van der Waals surface area contributed by atoms with Gasteiger partial charge in [-0.1, -0.05) is 24.6 Å². The van der Waals surface area contributed by atoms with Crippen LogP contribution in [-0.2, 0) is 13.0 Å². The van der Waals surface area contributed by atoms with E-state index >= 15 is 0 Å². The quantitative estimate of drug-likeness (QED) is 0.455. The number of halogens is 1. The lowest BCUT2D eigenvalue weighted by Crippen LogP contribution is -2.38. The van der Waals surface area contributed by atoms with Gasteiger partial charge in [-0.25, -0.2) is 4.98 Å². The fraction of sp³-hybridized carbons (Fsp3) is 0.692. The predicted octanol–water partition coefficient (Wildman–Crippen LogP) is 2.00. The highest BCUT2D eigenvalue weighted by Gasteiger charge is 2.15. The van der Waals surface area contributed by atoms with Crippen LogP contribution < -0.4 is 11.1 Å². The summed E-state index contributed by atoms with van der Waals surface area (Å²) in [7, 11) is 0. The van der Waals surface area contributed by atoms with Crippen molar-refractivity contribution in [2.45, 2.75) is 49.8 Å². The topological polar surface area (TPSA) is 68.2 Å². The number of aliphatic imine (C=N–C) groups is 1. The molecule has 3 N–H and O–H groups in total. The van der Waals surface area contributed by atoms with Crippen molar-refractivity contribution in [2.75, 3.05) is 12.3 Å². The minimum absolute atomic E-state index is 0. The molecule has 0 bridgehead atoms. The first kappa shape index (κ1) is 15.9. The van der Waals surface area contributed by atoms with E-state index < -0.39 is 0 Å². The van der Waals surface area contributed by atoms with E-state index in [-0.39, 0.29) is 24.0 Å². The zero-order chi connectivity index (χ0) is 13.1. The van der Waals surface area contributed by atoms with Crippen LogP contribution in [0.5, 0.6) is 0 Å². The number of nitrogens with one attached hydrogen (secondary N) is 1. The van der Waals surface area contributed by atoms with Gasteiger partial charge in [0.2, 0.25) is 0 Å². The zero-order valence-electron chi connectivity index (χ0n) is 11.5. The first-order valence-electron chi connectivity index (χ1n) is 7.06. The van der Waals surface area contributed by atoms with Crippen LogP contribution in [0, 0.1) is 0 Å². The molecule has 2 aliphatic rings. The van der Waals surface area contributed by atoms with Crippen molar-refractivity contribution >= 4 is 41.7 Å². The molecule has 3 rings (SSSR count). The van der Waals surface area contributed by atoms with E-state index in [1.807, 2.05) is 11.8 Å². The molecule has 0 radical (unpaired) electrons. The van der Waals surface area contributed by atoms with Gasteiger partial charge in [-0.05, 0) is 12.8 Å². The Balaban J connectivity index is 0.00000147. The standard InChI is InChI=1S/C13H21N5S.HI/c14-12(16-10-3-1-2-4-10)15-6-5-11-9-18-7-8-19-13(18)17-11;/h9-10H,1-8H2,(H3,14,15,16);1H. The van der Waals surface area contributed by atoms with Crippen molar-refractivity contribution in [2.24, 2.45) is 10.7 Å². The highest BCUT2D eigenvalue weighted by Crippen LogP contribution is 2.24. The Kier molecular flexibility index (Phi) is 6.01. The molecule has 1 aromatic rings. The second-order valence-corrected chi connectivity index (χ2v) is 6.26. The molecule has 1 aromatic heterocycles. The number of rotatable bonds is 4. The number of fused-ring (bicyclic) bond motifs is 1. The van der Waals surface area contributed by atoms with E-state index in [0.29, 0.717) is 18.5 Å². The molecule has 112 valence electrons. The second-order valence-electron chi connectivity index (χ2n) is 5.20. The smallest absolute Gasteiger partial charge is 0.188 e. The van der Waals surface area contributed by atoms with Crippen LogP contribution >= 0.6 is 35.7 Å². The van der Waals surface area contributed by atoms with Gasteiger partial charge in [0.25, 0.3) is 0 Å². The lowest BCUT2D eigenvalue weighted by molar-refractivity contribution is 0.625. The van der Waals surface area contributed by atoms with Gasteiger partial charge in [0.1, 0.15) is 0 Å². The van der Waals surface area contributed by atoms with Crippen molar-refractivity contribution in [1.29, 1.82) is 0 Å². The number of nitrogens with zero attached hydrogens (tertiary/aromatic N) is 3. The number of imidazole rings is 1. The van der Waals surface area contributed by atoms with Crippen molar-refractivity contribution in [1.82, 2.24) is 14.9 Å². The van der Waals surface area contributed by atoms with Gasteiger partial charge >= 0.3 is 0 Å². The van der Waals surface area contributed by atoms with E-state index in [4.69, 9.17) is 5.73 Å². The van der Waals surface area contributed by atoms with Gasteiger partial charge < -0.3 is 15.6 Å². The summed E-state index contributed by atoms with van der Waals surface area (Å²) >= 11 is 1.83. The summed E-state index contributed by atoms with van der Waals surface area (Å²) in [4.78, 5) is 8.98. The Hall–Kier alpha value is -0.440. The Morgan fingerprint density at radius 2 is 2.30 bits per heavy atom. The van der Waals surface area contributed by atoms with Crippen LogP contribution in [0.1, 0.15) is 31.4 Å². The van der Waals surface area contributed by atoms with Crippen LogP contribution in [0.4, 0.5) is 0 Å². The summed E-state index contributed by atoms with van der Waals surface area (Å²) in [6.45, 7) is 1.80. The van der Waals surface area contributed by atoms with Crippen LogP contribution in [-0.4, -0.2) is 33.9 Å². The van der Waals surface area contributed by atoms with Crippen LogP contribution in [0.3, 0.4) is 0 Å². The Morgan fingerprint density at radius 3 is 3.05 bits per heavy atom. The van der Waals surface area contributed by atoms with Gasteiger partial charge in [-0.3, -0.25) is 4.99 Å². The first-order valence-corrected chi connectivity index (χ1v) is 8.05. The van der Waals surface area contributed by atoms with Gasteiger partial charge in [-0.2, -0.15) is 0 Å².